The van der Waals surface area contributed by atoms with E-state index in [1.165, 1.54) is 4.90 Å². The number of aliphatic hydroxyl groups is 1. The zero-order valence-corrected chi connectivity index (χ0v) is 12.9. The molecule has 0 aromatic heterocycles. The number of carbonyl (C=O) groups excluding carboxylic acids is 2. The molecule has 1 heterocycles. The highest BCUT2D eigenvalue weighted by atomic mass is 16.3. The summed E-state index contributed by atoms with van der Waals surface area (Å²) < 4.78 is 0. The van der Waals surface area contributed by atoms with E-state index in [1.54, 1.807) is 0 Å². The molecular weight excluding hydrogens is 254 g/mol. The minimum absolute atomic E-state index is 0.128. The van der Waals surface area contributed by atoms with Gasteiger partial charge < -0.3 is 5.11 Å². The van der Waals surface area contributed by atoms with Crippen LogP contribution in [0.15, 0.2) is 0 Å². The van der Waals surface area contributed by atoms with Gasteiger partial charge in [-0.05, 0) is 37.0 Å². The molecule has 114 valence electrons. The molecule has 2 aliphatic rings. The summed E-state index contributed by atoms with van der Waals surface area (Å²) in [5.41, 5.74) is -1.11. The smallest absolute Gasteiger partial charge is 0.229 e. The van der Waals surface area contributed by atoms with Gasteiger partial charge in [-0.3, -0.25) is 14.5 Å². The number of hydrogen-bond acceptors (Lipinski definition) is 3. The van der Waals surface area contributed by atoms with Gasteiger partial charge in [0.15, 0.2) is 0 Å². The third-order valence-electron chi connectivity index (χ3n) is 4.93. The van der Waals surface area contributed by atoms with Gasteiger partial charge in [-0.1, -0.05) is 27.2 Å². The molecule has 1 saturated carbocycles. The number of carbonyl (C=O) groups is 2. The zero-order chi connectivity index (χ0) is 15.0. The van der Waals surface area contributed by atoms with Crippen LogP contribution in [0.4, 0.5) is 0 Å². The summed E-state index contributed by atoms with van der Waals surface area (Å²) in [5.74, 6) is 0.427. The van der Waals surface area contributed by atoms with Crippen molar-refractivity contribution >= 4 is 11.8 Å². The molecule has 2 amide bonds. The Labute approximate surface area is 121 Å². The second-order valence-corrected chi connectivity index (χ2v) is 7.47. The minimum atomic E-state index is -0.863. The predicted octanol–water partition coefficient (Wildman–Crippen LogP) is 2.49. The summed E-state index contributed by atoms with van der Waals surface area (Å²) in [5, 5.41) is 10.7. The van der Waals surface area contributed by atoms with Gasteiger partial charge in [-0.15, -0.1) is 0 Å². The monoisotopic (exact) mass is 281 g/mol. The van der Waals surface area contributed by atoms with Crippen LogP contribution in [-0.2, 0) is 9.59 Å². The zero-order valence-electron chi connectivity index (χ0n) is 12.9. The number of likely N-dealkylation sites (tertiary alicyclic amines) is 1. The molecule has 0 spiro atoms. The summed E-state index contributed by atoms with van der Waals surface area (Å²) in [6.45, 7) is 6.26. The molecule has 1 saturated heterocycles. The third-order valence-corrected chi connectivity index (χ3v) is 4.93. The summed E-state index contributed by atoms with van der Waals surface area (Å²) in [6, 6.07) is 0. The molecule has 0 aromatic carbocycles. The number of β-amino-alcohol motifs (C(OH)–C–C–N with tert-alkyl or cyclic N) is 1. The van der Waals surface area contributed by atoms with Gasteiger partial charge >= 0.3 is 0 Å². The van der Waals surface area contributed by atoms with Gasteiger partial charge in [-0.2, -0.15) is 0 Å². The van der Waals surface area contributed by atoms with Gasteiger partial charge in [-0.25, -0.2) is 0 Å². The normalized spacial score (nSPS) is 34.4. The summed E-state index contributed by atoms with van der Waals surface area (Å²) >= 11 is 0. The summed E-state index contributed by atoms with van der Waals surface area (Å²) in [4.78, 5) is 25.6. The predicted molar refractivity (Wildman–Crippen MR) is 76.9 cm³/mol. The molecule has 0 aromatic rings. The Morgan fingerprint density at radius 2 is 1.65 bits per heavy atom. The highest BCUT2D eigenvalue weighted by Crippen LogP contribution is 2.37. The van der Waals surface area contributed by atoms with Crippen LogP contribution >= 0.6 is 0 Å². The molecule has 20 heavy (non-hydrogen) atoms. The van der Waals surface area contributed by atoms with Crippen LogP contribution in [0, 0.1) is 11.3 Å². The molecule has 2 rings (SSSR count). The molecule has 0 unspecified atom stereocenters. The van der Waals surface area contributed by atoms with Crippen LogP contribution in [0.25, 0.3) is 0 Å². The number of imide groups is 1. The van der Waals surface area contributed by atoms with Gasteiger partial charge in [0.05, 0.1) is 12.1 Å². The average Bonchev–Trinajstić information content (AvgIpc) is 2.34. The van der Waals surface area contributed by atoms with Gasteiger partial charge in [0.1, 0.15) is 0 Å². The Hall–Kier alpha value is -0.900. The first-order chi connectivity index (χ1) is 9.25. The quantitative estimate of drug-likeness (QED) is 0.809. The van der Waals surface area contributed by atoms with E-state index < -0.39 is 5.60 Å². The molecule has 4 nitrogen and oxygen atoms in total. The van der Waals surface area contributed by atoms with Crippen LogP contribution in [0.2, 0.25) is 0 Å². The standard InChI is InChI=1S/C16H27NO3/c1-4-12-5-7-16(20,8-6-12)11-17-13(18)9-15(2,3)10-14(17)19/h12,20H,4-11H2,1-3H3. The van der Waals surface area contributed by atoms with Crippen molar-refractivity contribution in [1.82, 2.24) is 4.90 Å². The van der Waals surface area contributed by atoms with Crippen molar-refractivity contribution in [2.45, 2.75) is 71.3 Å². The van der Waals surface area contributed by atoms with E-state index in [2.05, 4.69) is 6.92 Å². The van der Waals surface area contributed by atoms with Crippen LogP contribution in [0.1, 0.15) is 65.7 Å². The van der Waals surface area contributed by atoms with E-state index in [-0.39, 0.29) is 23.8 Å². The lowest BCUT2D eigenvalue weighted by Gasteiger charge is -2.42. The van der Waals surface area contributed by atoms with Crippen molar-refractivity contribution in [3.63, 3.8) is 0 Å². The van der Waals surface area contributed by atoms with E-state index >= 15 is 0 Å². The van der Waals surface area contributed by atoms with E-state index in [9.17, 15) is 14.7 Å². The van der Waals surface area contributed by atoms with Gasteiger partial charge in [0.25, 0.3) is 0 Å². The van der Waals surface area contributed by atoms with Crippen LogP contribution in [0.5, 0.6) is 0 Å². The molecule has 0 radical (unpaired) electrons. The molecule has 0 bridgehead atoms. The number of amides is 2. The maximum atomic E-state index is 12.2. The molecule has 1 aliphatic heterocycles. The first-order valence-corrected chi connectivity index (χ1v) is 7.80. The average molecular weight is 281 g/mol. The lowest BCUT2D eigenvalue weighted by molar-refractivity contribution is -0.158. The highest BCUT2D eigenvalue weighted by molar-refractivity contribution is 5.98. The first-order valence-electron chi connectivity index (χ1n) is 7.80. The number of piperidine rings is 1. The van der Waals surface area contributed by atoms with E-state index in [0.29, 0.717) is 31.6 Å². The molecule has 0 atom stereocenters. The molecule has 4 heteroatoms. The first kappa shape index (κ1) is 15.5. The Morgan fingerprint density at radius 3 is 2.10 bits per heavy atom. The Balaban J connectivity index is 1.99. The largest absolute Gasteiger partial charge is 0.388 e. The molecule has 2 fully saturated rings. The second kappa shape index (κ2) is 5.47. The van der Waals surface area contributed by atoms with Gasteiger partial charge in [0, 0.05) is 12.8 Å². The van der Waals surface area contributed by atoms with Crippen LogP contribution < -0.4 is 0 Å². The molecule has 1 aliphatic carbocycles. The topological polar surface area (TPSA) is 57.6 Å². The highest BCUT2D eigenvalue weighted by Gasteiger charge is 2.42. The number of rotatable bonds is 3. The van der Waals surface area contributed by atoms with Crippen molar-refractivity contribution in [2.24, 2.45) is 11.3 Å². The SMILES string of the molecule is CCC1CCC(O)(CN2C(=O)CC(C)(C)CC2=O)CC1. The van der Waals surface area contributed by atoms with E-state index in [4.69, 9.17) is 0 Å². The van der Waals surface area contributed by atoms with Crippen molar-refractivity contribution in [2.75, 3.05) is 6.54 Å². The minimum Gasteiger partial charge on any atom is -0.388 e. The van der Waals surface area contributed by atoms with Crippen molar-refractivity contribution in [3.05, 3.63) is 0 Å². The van der Waals surface area contributed by atoms with Gasteiger partial charge in [0.2, 0.25) is 11.8 Å². The van der Waals surface area contributed by atoms with E-state index in [1.807, 2.05) is 13.8 Å². The number of hydrogen-bond donors (Lipinski definition) is 1. The van der Waals surface area contributed by atoms with E-state index in [0.717, 1.165) is 19.3 Å². The fourth-order valence-corrected chi connectivity index (χ4v) is 3.46. The maximum Gasteiger partial charge on any atom is 0.229 e. The fraction of sp³-hybridized carbons (Fsp3) is 0.875. The van der Waals surface area contributed by atoms with Crippen molar-refractivity contribution < 1.29 is 14.7 Å². The Morgan fingerprint density at radius 1 is 1.15 bits per heavy atom. The van der Waals surface area contributed by atoms with Crippen LogP contribution in [-0.4, -0.2) is 34.0 Å². The molecule has 1 N–H and O–H groups in total. The Kier molecular flexibility index (Phi) is 4.24. The van der Waals surface area contributed by atoms with Crippen molar-refractivity contribution in [1.29, 1.82) is 0 Å². The fourth-order valence-electron chi connectivity index (χ4n) is 3.46. The second-order valence-electron chi connectivity index (χ2n) is 7.47. The third kappa shape index (κ3) is 3.40. The summed E-state index contributed by atoms with van der Waals surface area (Å²) in [7, 11) is 0. The summed E-state index contributed by atoms with van der Waals surface area (Å²) in [6.07, 6.45) is 5.33. The number of nitrogens with zero attached hydrogens (tertiary/aromatic N) is 1. The van der Waals surface area contributed by atoms with Crippen molar-refractivity contribution in [3.8, 4) is 0 Å². The lowest BCUT2D eigenvalue weighted by Crippen LogP contribution is -2.53. The Bertz CT molecular complexity index is 375. The molecular formula is C16H27NO3. The maximum absolute atomic E-state index is 12.2. The lowest BCUT2D eigenvalue weighted by atomic mass is 9.76. The van der Waals surface area contributed by atoms with Crippen LogP contribution in [0.3, 0.4) is 0 Å².